The highest BCUT2D eigenvalue weighted by Crippen LogP contribution is 2.31. The van der Waals surface area contributed by atoms with E-state index in [-0.39, 0.29) is 18.3 Å². The molecular formula is C17H20N2O4S2. The number of hydrogen-bond acceptors (Lipinski definition) is 5. The minimum atomic E-state index is -3.44. The van der Waals surface area contributed by atoms with Gasteiger partial charge in [-0.3, -0.25) is 9.52 Å². The first-order valence-electron chi connectivity index (χ1n) is 7.98. The molecule has 0 aliphatic carbocycles. The summed E-state index contributed by atoms with van der Waals surface area (Å²) in [5.41, 5.74) is 2.34. The third-order valence-electron chi connectivity index (χ3n) is 4.00. The number of rotatable bonds is 6. The molecule has 1 amide bonds. The predicted octanol–water partition coefficient (Wildman–Crippen LogP) is 2.73. The van der Waals surface area contributed by atoms with Crippen LogP contribution in [0.3, 0.4) is 0 Å². The van der Waals surface area contributed by atoms with Gasteiger partial charge in [-0.2, -0.15) is 0 Å². The largest absolute Gasteiger partial charge is 0.384 e. The summed E-state index contributed by atoms with van der Waals surface area (Å²) in [5, 5.41) is 1.88. The maximum absolute atomic E-state index is 12.7. The van der Waals surface area contributed by atoms with Crippen molar-refractivity contribution in [3.8, 4) is 0 Å². The molecule has 0 saturated heterocycles. The number of hydrogen-bond donors (Lipinski definition) is 1. The summed E-state index contributed by atoms with van der Waals surface area (Å²) in [6, 6.07) is 9.01. The van der Waals surface area contributed by atoms with Crippen molar-refractivity contribution in [1.29, 1.82) is 0 Å². The third kappa shape index (κ3) is 4.20. The first-order valence-corrected chi connectivity index (χ1v) is 10.5. The molecule has 25 heavy (non-hydrogen) atoms. The molecule has 0 fully saturated rings. The highest BCUT2D eigenvalue weighted by molar-refractivity contribution is 7.92. The SMILES string of the molecule is COCCS(=O)(=O)Nc1ccc2c(c1)CCCN2C(=O)c1cccs1. The van der Waals surface area contributed by atoms with Crippen molar-refractivity contribution in [1.82, 2.24) is 0 Å². The number of fused-ring (bicyclic) bond motifs is 1. The number of nitrogens with zero attached hydrogens (tertiary/aromatic N) is 1. The number of methoxy groups -OCH3 is 1. The number of carbonyl (C=O) groups is 1. The standard InChI is InChI=1S/C17H20N2O4S2/c1-23-9-11-25(21,22)18-14-6-7-15-13(12-14)4-2-8-19(15)17(20)16-5-3-10-24-16/h3,5-7,10,12,18H,2,4,8-9,11H2,1H3. The fourth-order valence-electron chi connectivity index (χ4n) is 2.83. The van der Waals surface area contributed by atoms with Gasteiger partial charge in [-0.1, -0.05) is 6.07 Å². The summed E-state index contributed by atoms with van der Waals surface area (Å²) in [6.07, 6.45) is 1.67. The van der Waals surface area contributed by atoms with Crippen LogP contribution in [0, 0.1) is 0 Å². The van der Waals surface area contributed by atoms with Crippen molar-refractivity contribution in [2.24, 2.45) is 0 Å². The number of amides is 1. The Hall–Kier alpha value is -1.90. The Bertz CT molecular complexity index is 848. The quantitative estimate of drug-likeness (QED) is 0.836. The normalized spacial score (nSPS) is 14.2. The molecule has 8 heteroatoms. The highest BCUT2D eigenvalue weighted by atomic mass is 32.2. The average molecular weight is 380 g/mol. The molecule has 2 heterocycles. The van der Waals surface area contributed by atoms with E-state index in [0.717, 1.165) is 24.1 Å². The van der Waals surface area contributed by atoms with E-state index >= 15 is 0 Å². The molecule has 134 valence electrons. The van der Waals surface area contributed by atoms with E-state index in [2.05, 4.69) is 4.72 Å². The van der Waals surface area contributed by atoms with Gasteiger partial charge >= 0.3 is 0 Å². The van der Waals surface area contributed by atoms with Gasteiger partial charge in [0.2, 0.25) is 10.0 Å². The lowest BCUT2D eigenvalue weighted by Gasteiger charge is -2.29. The van der Waals surface area contributed by atoms with Crippen molar-refractivity contribution in [3.63, 3.8) is 0 Å². The molecule has 3 rings (SSSR count). The minimum Gasteiger partial charge on any atom is -0.384 e. The number of sulfonamides is 1. The fourth-order valence-corrected chi connectivity index (χ4v) is 4.47. The van der Waals surface area contributed by atoms with E-state index in [9.17, 15) is 13.2 Å². The Morgan fingerprint density at radius 3 is 2.92 bits per heavy atom. The molecule has 6 nitrogen and oxygen atoms in total. The molecule has 0 unspecified atom stereocenters. The van der Waals surface area contributed by atoms with Crippen molar-refractivity contribution >= 4 is 38.6 Å². The zero-order chi connectivity index (χ0) is 17.9. The molecule has 0 saturated carbocycles. The van der Waals surface area contributed by atoms with Crippen LogP contribution in [0.1, 0.15) is 21.7 Å². The van der Waals surface area contributed by atoms with Crippen LogP contribution in [0.5, 0.6) is 0 Å². The van der Waals surface area contributed by atoms with Crippen molar-refractivity contribution < 1.29 is 17.9 Å². The Morgan fingerprint density at radius 1 is 1.36 bits per heavy atom. The predicted molar refractivity (Wildman–Crippen MR) is 100 cm³/mol. The molecule has 0 spiro atoms. The summed E-state index contributed by atoms with van der Waals surface area (Å²) >= 11 is 1.42. The zero-order valence-corrected chi connectivity index (χ0v) is 15.5. The number of carbonyl (C=O) groups excluding carboxylic acids is 1. The Balaban J connectivity index is 1.82. The van der Waals surface area contributed by atoms with Crippen LogP contribution in [-0.4, -0.2) is 40.3 Å². The lowest BCUT2D eigenvalue weighted by Crippen LogP contribution is -2.35. The van der Waals surface area contributed by atoms with Gasteiger partial charge in [0.25, 0.3) is 5.91 Å². The summed E-state index contributed by atoms with van der Waals surface area (Å²) in [6.45, 7) is 0.812. The number of aryl methyl sites for hydroxylation is 1. The molecule has 1 N–H and O–H groups in total. The van der Waals surface area contributed by atoms with Gasteiger partial charge in [-0.25, -0.2) is 8.42 Å². The monoisotopic (exact) mass is 380 g/mol. The second-order valence-corrected chi connectivity index (χ2v) is 8.58. The van der Waals surface area contributed by atoms with Crippen LogP contribution in [0.25, 0.3) is 0 Å². The number of benzene rings is 1. The second kappa shape index (κ2) is 7.55. The van der Waals surface area contributed by atoms with Gasteiger partial charge in [0, 0.05) is 25.0 Å². The van der Waals surface area contributed by atoms with Gasteiger partial charge in [-0.05, 0) is 48.1 Å². The first-order chi connectivity index (χ1) is 12.0. The average Bonchev–Trinajstić information content (AvgIpc) is 3.13. The van der Waals surface area contributed by atoms with E-state index < -0.39 is 10.0 Å². The van der Waals surface area contributed by atoms with Crippen LogP contribution in [0.4, 0.5) is 11.4 Å². The lowest BCUT2D eigenvalue weighted by molar-refractivity contribution is 0.0989. The topological polar surface area (TPSA) is 75.7 Å². The molecule has 0 atom stereocenters. The fraction of sp³-hybridized carbons (Fsp3) is 0.353. The van der Waals surface area contributed by atoms with Crippen LogP contribution in [-0.2, 0) is 21.2 Å². The molecule has 2 aromatic rings. The van der Waals surface area contributed by atoms with Crippen LogP contribution >= 0.6 is 11.3 Å². The van der Waals surface area contributed by atoms with E-state index in [0.29, 0.717) is 17.1 Å². The number of ether oxygens (including phenoxy) is 1. The van der Waals surface area contributed by atoms with Gasteiger partial charge < -0.3 is 9.64 Å². The number of thiophene rings is 1. The summed E-state index contributed by atoms with van der Waals surface area (Å²) in [4.78, 5) is 15.1. The van der Waals surface area contributed by atoms with Crippen molar-refractivity contribution in [2.75, 3.05) is 35.6 Å². The molecular weight excluding hydrogens is 360 g/mol. The van der Waals surface area contributed by atoms with Crippen LogP contribution in [0.15, 0.2) is 35.7 Å². The van der Waals surface area contributed by atoms with E-state index in [1.165, 1.54) is 18.4 Å². The summed E-state index contributed by atoms with van der Waals surface area (Å²) in [7, 11) is -1.98. The highest BCUT2D eigenvalue weighted by Gasteiger charge is 2.24. The molecule has 0 bridgehead atoms. The van der Waals surface area contributed by atoms with E-state index in [1.54, 1.807) is 11.0 Å². The zero-order valence-electron chi connectivity index (χ0n) is 13.9. The summed E-state index contributed by atoms with van der Waals surface area (Å²) in [5.74, 6) is -0.104. The molecule has 1 aliphatic rings. The van der Waals surface area contributed by atoms with Gasteiger partial charge in [0.05, 0.1) is 17.2 Å². The maximum atomic E-state index is 12.7. The van der Waals surface area contributed by atoms with Crippen LogP contribution < -0.4 is 9.62 Å². The molecule has 0 radical (unpaired) electrons. The van der Waals surface area contributed by atoms with E-state index in [4.69, 9.17) is 4.74 Å². The van der Waals surface area contributed by atoms with Crippen molar-refractivity contribution in [3.05, 3.63) is 46.2 Å². The second-order valence-electron chi connectivity index (χ2n) is 5.79. The molecule has 1 aromatic heterocycles. The Labute approximate surface area is 151 Å². The number of anilines is 2. The van der Waals surface area contributed by atoms with Gasteiger partial charge in [0.1, 0.15) is 0 Å². The lowest BCUT2D eigenvalue weighted by atomic mass is 10.0. The van der Waals surface area contributed by atoms with Crippen molar-refractivity contribution in [2.45, 2.75) is 12.8 Å². The number of nitrogens with one attached hydrogen (secondary N) is 1. The minimum absolute atomic E-state index is 0.00984. The van der Waals surface area contributed by atoms with E-state index in [1.807, 2.05) is 29.6 Å². The van der Waals surface area contributed by atoms with Gasteiger partial charge in [0.15, 0.2) is 0 Å². The summed E-state index contributed by atoms with van der Waals surface area (Å²) < 4.78 is 31.4. The Kier molecular flexibility index (Phi) is 5.41. The first kappa shape index (κ1) is 17.9. The third-order valence-corrected chi connectivity index (χ3v) is 6.11. The maximum Gasteiger partial charge on any atom is 0.268 e. The molecule has 1 aliphatic heterocycles. The molecule has 1 aromatic carbocycles. The van der Waals surface area contributed by atoms with Gasteiger partial charge in [-0.15, -0.1) is 11.3 Å². The Morgan fingerprint density at radius 2 is 2.20 bits per heavy atom. The smallest absolute Gasteiger partial charge is 0.268 e. The van der Waals surface area contributed by atoms with Crippen LogP contribution in [0.2, 0.25) is 0 Å².